The van der Waals surface area contributed by atoms with Crippen LogP contribution in [0.15, 0.2) is 59.0 Å². The van der Waals surface area contributed by atoms with Gasteiger partial charge in [-0.3, -0.25) is 9.59 Å². The van der Waals surface area contributed by atoms with E-state index in [1.807, 2.05) is 68.4 Å². The minimum atomic E-state index is -0.323. The number of para-hydroxylation sites is 2. The summed E-state index contributed by atoms with van der Waals surface area (Å²) < 4.78 is 11.7. The maximum Gasteiger partial charge on any atom is 0.290 e. The molecule has 2 amide bonds. The molecule has 0 saturated heterocycles. The number of nitrogens with zero attached hydrogens (tertiary/aromatic N) is 1. The molecular weight excluding hydrogens is 356 g/mol. The maximum absolute atomic E-state index is 13.1. The summed E-state index contributed by atoms with van der Waals surface area (Å²) in [6.07, 6.45) is 0. The Labute approximate surface area is 164 Å². The number of benzene rings is 2. The Kier molecular flexibility index (Phi) is 6.32. The topological polar surface area (TPSA) is 71.8 Å². The van der Waals surface area contributed by atoms with Gasteiger partial charge in [0.25, 0.3) is 5.91 Å². The third-order valence-electron chi connectivity index (χ3n) is 4.40. The van der Waals surface area contributed by atoms with Gasteiger partial charge in [-0.1, -0.05) is 36.4 Å². The molecule has 0 aliphatic heterocycles. The molecule has 1 heterocycles. The molecule has 28 heavy (non-hydrogen) atoms. The van der Waals surface area contributed by atoms with E-state index in [-0.39, 0.29) is 30.7 Å². The van der Waals surface area contributed by atoms with E-state index in [2.05, 4.69) is 5.32 Å². The lowest BCUT2D eigenvalue weighted by molar-refractivity contribution is -0.121. The smallest absolute Gasteiger partial charge is 0.290 e. The number of nitrogens with one attached hydrogen (secondary N) is 1. The summed E-state index contributed by atoms with van der Waals surface area (Å²) in [4.78, 5) is 26.5. The highest BCUT2D eigenvalue weighted by Crippen LogP contribution is 2.28. The highest BCUT2D eigenvalue weighted by Gasteiger charge is 2.26. The quantitative estimate of drug-likeness (QED) is 0.648. The van der Waals surface area contributed by atoms with Crippen molar-refractivity contribution in [1.29, 1.82) is 0 Å². The van der Waals surface area contributed by atoms with Crippen LogP contribution in [-0.2, 0) is 11.4 Å². The number of hydrogen-bond acceptors (Lipinski definition) is 4. The van der Waals surface area contributed by atoms with Crippen LogP contribution in [0.25, 0.3) is 11.0 Å². The lowest BCUT2D eigenvalue weighted by Crippen LogP contribution is -2.40. The van der Waals surface area contributed by atoms with Crippen molar-refractivity contribution >= 4 is 22.8 Å². The molecule has 6 heteroatoms. The summed E-state index contributed by atoms with van der Waals surface area (Å²) in [5.41, 5.74) is 1.30. The molecule has 6 nitrogen and oxygen atoms in total. The zero-order chi connectivity index (χ0) is 19.9. The van der Waals surface area contributed by atoms with Crippen molar-refractivity contribution in [2.45, 2.75) is 20.5 Å². The van der Waals surface area contributed by atoms with E-state index in [0.717, 1.165) is 5.39 Å². The van der Waals surface area contributed by atoms with Crippen LogP contribution in [0.2, 0.25) is 0 Å². The van der Waals surface area contributed by atoms with Gasteiger partial charge < -0.3 is 19.4 Å². The van der Waals surface area contributed by atoms with E-state index in [1.165, 1.54) is 4.90 Å². The molecular formula is C22H24N2O4. The predicted octanol–water partition coefficient (Wildman–Crippen LogP) is 3.61. The Morgan fingerprint density at radius 2 is 1.75 bits per heavy atom. The fraction of sp³-hybridized carbons (Fsp3) is 0.273. The number of carbonyl (C=O) groups is 2. The Balaban J connectivity index is 1.90. The summed E-state index contributed by atoms with van der Waals surface area (Å²) in [6, 6.07) is 16.9. The molecule has 0 unspecified atom stereocenters. The van der Waals surface area contributed by atoms with Crippen LogP contribution in [0.4, 0.5) is 0 Å². The summed E-state index contributed by atoms with van der Waals surface area (Å²) in [7, 11) is 0. The highest BCUT2D eigenvalue weighted by molar-refractivity contribution is 6.00. The van der Waals surface area contributed by atoms with Crippen molar-refractivity contribution in [2.24, 2.45) is 0 Å². The Morgan fingerprint density at radius 1 is 1.04 bits per heavy atom. The second-order valence-corrected chi connectivity index (χ2v) is 6.28. The predicted molar refractivity (Wildman–Crippen MR) is 107 cm³/mol. The summed E-state index contributed by atoms with van der Waals surface area (Å²) in [5.74, 6) is 0.400. The van der Waals surface area contributed by atoms with Crippen molar-refractivity contribution in [3.63, 3.8) is 0 Å². The van der Waals surface area contributed by atoms with Crippen LogP contribution in [0.1, 0.15) is 30.0 Å². The van der Waals surface area contributed by atoms with Crippen LogP contribution < -0.4 is 10.1 Å². The second-order valence-electron chi connectivity index (χ2n) is 6.28. The van der Waals surface area contributed by atoms with E-state index < -0.39 is 0 Å². The first-order valence-corrected chi connectivity index (χ1v) is 9.38. The molecule has 3 aromatic rings. The minimum Gasteiger partial charge on any atom is -0.489 e. The molecule has 3 rings (SSSR count). The van der Waals surface area contributed by atoms with Crippen molar-refractivity contribution < 1.29 is 18.7 Å². The first kappa shape index (κ1) is 19.5. The van der Waals surface area contributed by atoms with E-state index in [0.29, 0.717) is 30.0 Å². The van der Waals surface area contributed by atoms with Crippen LogP contribution in [-0.4, -0.2) is 36.3 Å². The van der Waals surface area contributed by atoms with Gasteiger partial charge in [0.15, 0.2) is 5.76 Å². The molecule has 146 valence electrons. The third-order valence-corrected chi connectivity index (χ3v) is 4.40. The second kappa shape index (κ2) is 9.08. The van der Waals surface area contributed by atoms with Gasteiger partial charge in [0.1, 0.15) is 17.9 Å². The molecule has 0 bridgehead atoms. The molecule has 2 aromatic carbocycles. The van der Waals surface area contributed by atoms with Gasteiger partial charge in [-0.15, -0.1) is 0 Å². The number of hydrogen-bond donors (Lipinski definition) is 1. The lowest BCUT2D eigenvalue weighted by atomic mass is 10.1. The van der Waals surface area contributed by atoms with Crippen molar-refractivity contribution in [1.82, 2.24) is 10.2 Å². The van der Waals surface area contributed by atoms with Gasteiger partial charge in [0.05, 0.1) is 6.54 Å². The summed E-state index contributed by atoms with van der Waals surface area (Å²) in [5, 5.41) is 3.55. The molecule has 1 aromatic heterocycles. The van der Waals surface area contributed by atoms with Crippen LogP contribution in [0, 0.1) is 0 Å². The Bertz CT molecular complexity index is 950. The molecule has 0 saturated carbocycles. The van der Waals surface area contributed by atoms with Gasteiger partial charge in [-0.05, 0) is 32.0 Å². The average Bonchev–Trinajstić information content (AvgIpc) is 3.09. The van der Waals surface area contributed by atoms with Gasteiger partial charge in [0, 0.05) is 24.0 Å². The summed E-state index contributed by atoms with van der Waals surface area (Å²) >= 11 is 0. The largest absolute Gasteiger partial charge is 0.489 e. The molecule has 0 fully saturated rings. The van der Waals surface area contributed by atoms with Crippen LogP contribution in [0.3, 0.4) is 0 Å². The Morgan fingerprint density at radius 3 is 2.46 bits per heavy atom. The fourth-order valence-corrected chi connectivity index (χ4v) is 2.98. The first-order chi connectivity index (χ1) is 13.6. The van der Waals surface area contributed by atoms with E-state index in [1.54, 1.807) is 0 Å². The standard InChI is InChI=1S/C22H24N2O4/c1-3-23-20(25)14-24(4-2)22(26)21-18(15-27-16-10-6-5-7-11-16)17-12-8-9-13-19(17)28-21/h5-13H,3-4,14-15H2,1-2H3,(H,23,25). The van der Waals surface area contributed by atoms with Gasteiger partial charge >= 0.3 is 0 Å². The van der Waals surface area contributed by atoms with Gasteiger partial charge in [-0.25, -0.2) is 0 Å². The molecule has 0 radical (unpaired) electrons. The maximum atomic E-state index is 13.1. The molecule has 1 N–H and O–H groups in total. The molecule has 0 atom stereocenters. The molecule has 0 spiro atoms. The highest BCUT2D eigenvalue weighted by atomic mass is 16.5. The number of furan rings is 1. The van der Waals surface area contributed by atoms with Crippen molar-refractivity contribution in [3.8, 4) is 5.75 Å². The van der Waals surface area contributed by atoms with E-state index in [9.17, 15) is 9.59 Å². The molecule has 0 aliphatic carbocycles. The summed E-state index contributed by atoms with van der Waals surface area (Å²) in [6.45, 7) is 4.77. The Hall–Kier alpha value is -3.28. The number of likely N-dealkylation sites (N-methyl/N-ethyl adjacent to an activating group) is 2. The van der Waals surface area contributed by atoms with E-state index >= 15 is 0 Å². The van der Waals surface area contributed by atoms with Gasteiger partial charge in [-0.2, -0.15) is 0 Å². The van der Waals surface area contributed by atoms with Gasteiger partial charge in [0.2, 0.25) is 5.91 Å². The fourth-order valence-electron chi connectivity index (χ4n) is 2.98. The average molecular weight is 380 g/mol. The number of rotatable bonds is 8. The minimum absolute atomic E-state index is 0.0147. The zero-order valence-corrected chi connectivity index (χ0v) is 16.1. The lowest BCUT2D eigenvalue weighted by Gasteiger charge is -2.19. The van der Waals surface area contributed by atoms with Crippen LogP contribution >= 0.6 is 0 Å². The zero-order valence-electron chi connectivity index (χ0n) is 16.1. The SMILES string of the molecule is CCNC(=O)CN(CC)C(=O)c1oc2ccccc2c1COc1ccccc1. The number of ether oxygens (including phenoxy) is 1. The van der Waals surface area contributed by atoms with Crippen molar-refractivity contribution in [3.05, 3.63) is 65.9 Å². The monoisotopic (exact) mass is 380 g/mol. The van der Waals surface area contributed by atoms with Crippen LogP contribution in [0.5, 0.6) is 5.75 Å². The number of fused-ring (bicyclic) bond motifs is 1. The molecule has 0 aliphatic rings. The van der Waals surface area contributed by atoms with E-state index in [4.69, 9.17) is 9.15 Å². The number of carbonyl (C=O) groups excluding carboxylic acids is 2. The normalized spacial score (nSPS) is 10.6. The number of amides is 2. The first-order valence-electron chi connectivity index (χ1n) is 9.38. The third kappa shape index (κ3) is 4.34. The van der Waals surface area contributed by atoms with Crippen molar-refractivity contribution in [2.75, 3.05) is 19.6 Å².